The van der Waals surface area contributed by atoms with Gasteiger partial charge >= 0.3 is 0 Å². The highest BCUT2D eigenvalue weighted by atomic mass is 16.3. The summed E-state index contributed by atoms with van der Waals surface area (Å²) < 4.78 is 0. The minimum atomic E-state index is -1.82. The number of hydrogen-bond acceptors (Lipinski definition) is 21. The Balaban J connectivity index is 2.23. The van der Waals surface area contributed by atoms with Crippen molar-refractivity contribution in [1.29, 1.82) is 0 Å². The maximum Gasteiger partial charge on any atom is 0.278 e. The number of nitrogens with zero attached hydrogens (tertiary/aromatic N) is 1. The molecule has 31 heteroatoms. The molecule has 1 heterocycles. The molecule has 10 atom stereocenters. The van der Waals surface area contributed by atoms with Gasteiger partial charge in [-0.05, 0) is 76.7 Å². The highest BCUT2D eigenvalue weighted by Gasteiger charge is 2.40. The molecule has 75 heavy (non-hydrogen) atoms. The Morgan fingerprint density at radius 3 is 1.65 bits per heavy atom. The number of phenolic OH excluding ortho intramolecular Hbond substituents is 1. The molecule has 26 N–H and O–H groups in total. The van der Waals surface area contributed by atoms with Gasteiger partial charge in [0.1, 0.15) is 72.9 Å². The second-order valence-corrected chi connectivity index (χ2v) is 17.8. The van der Waals surface area contributed by atoms with Crippen molar-refractivity contribution in [3.63, 3.8) is 0 Å². The Bertz CT molecular complexity index is 2050. The number of likely N-dealkylation sites (tertiary alicyclic amines) is 1. The third-order valence-electron chi connectivity index (χ3n) is 11.6. The third kappa shape index (κ3) is 22.9. The van der Waals surface area contributed by atoms with Crippen molar-refractivity contribution in [2.45, 2.75) is 132 Å². The predicted molar refractivity (Wildman–Crippen MR) is 263 cm³/mol. The lowest BCUT2D eigenvalue weighted by molar-refractivity contribution is -0.405. The lowest BCUT2D eigenvalue weighted by atomic mass is 10.0. The second kappa shape index (κ2) is 33.4. The number of benzene rings is 1. The molecule has 0 radical (unpaired) electrons. The second-order valence-electron chi connectivity index (χ2n) is 17.8. The number of carbonyl (C=O) groups excluding carboxylic acids is 10. The molecule has 0 aromatic heterocycles. The highest BCUT2D eigenvalue weighted by molar-refractivity contribution is 5.98. The average Bonchev–Trinajstić information content (AvgIpc) is 3.87. The van der Waals surface area contributed by atoms with Crippen LogP contribution in [0.3, 0.4) is 0 Å². The van der Waals surface area contributed by atoms with Gasteiger partial charge in [0, 0.05) is 19.4 Å². The lowest BCUT2D eigenvalue weighted by Gasteiger charge is -2.30. The molecule has 1 aliphatic rings. The smallest absolute Gasteiger partial charge is 0.278 e. The van der Waals surface area contributed by atoms with Crippen LogP contribution in [0, 0.1) is 0 Å². The fourth-order valence-corrected chi connectivity index (χ4v) is 7.33. The maximum atomic E-state index is 14.3. The van der Waals surface area contributed by atoms with Crippen molar-refractivity contribution in [1.82, 2.24) is 58.1 Å². The minimum absolute atomic E-state index is 0.0215. The average molecular weight is 1070 g/mol. The van der Waals surface area contributed by atoms with Gasteiger partial charge in [-0.15, -0.1) is 0 Å². The topological polar surface area (TPSA) is 527 Å². The van der Waals surface area contributed by atoms with E-state index in [1.165, 1.54) is 43.0 Å². The van der Waals surface area contributed by atoms with E-state index in [2.05, 4.69) is 58.9 Å². The van der Waals surface area contributed by atoms with Gasteiger partial charge in [0.15, 0.2) is 6.04 Å². The molecular formula is C44H77N16O15+. The van der Waals surface area contributed by atoms with Gasteiger partial charge in [0.05, 0.1) is 32.5 Å². The molecule has 0 spiro atoms. The summed E-state index contributed by atoms with van der Waals surface area (Å²) in [5, 5.41) is 74.3. The standard InChI is InChI=1S/C44H76N16O15/c1-22(35(68)52-17-34(67)54-29(18-61)23(2)65)53-41(74)33-8-5-15-60(33)42(75)28(16-24-9-11-25(66)12-10-24)56-39(72)31(20-63)59-40(73)32(21-64)58-37(70)27(7-4-14-51-44(48)49)55-38(71)30(19-62)57-36(69)26(45)6-3-13-50-43(46)47/h9-12,18,22-23,26-33,43-44,50-51,62-66H,3-8,13-17,19-21,45-49H2,1-2H3,(H,52,68)(H,53,74)(H,54,67)(H,55,71)(H,56,72)(H,57,69)(H,58,70)(H,59,73)/p+1/t22-,23?,26-,27-,28-,29?,30-,31-,32-,33-/m0/s1. The van der Waals surface area contributed by atoms with Crippen LogP contribution in [0.15, 0.2) is 24.3 Å². The number of aldehydes is 1. The van der Waals surface area contributed by atoms with Crippen LogP contribution in [0.1, 0.15) is 57.9 Å². The quantitative estimate of drug-likeness (QED) is 0.0173. The van der Waals surface area contributed by atoms with Crippen LogP contribution >= 0.6 is 0 Å². The molecule has 1 aromatic carbocycles. The Kier molecular flexibility index (Phi) is 28.8. The zero-order valence-electron chi connectivity index (χ0n) is 42.0. The summed E-state index contributed by atoms with van der Waals surface area (Å²) in [5.41, 5.74) is 26.2. The number of aliphatic hydroxyl groups excluding tert-OH is 4. The van der Waals surface area contributed by atoms with E-state index in [4.69, 9.17) is 22.9 Å². The first-order chi connectivity index (χ1) is 35.5. The summed E-state index contributed by atoms with van der Waals surface area (Å²) in [6.07, 6.45) is -1.67. The monoisotopic (exact) mass is 1070 g/mol. The molecule has 0 aliphatic carbocycles. The van der Waals surface area contributed by atoms with Crippen molar-refractivity contribution in [3.8, 4) is 5.75 Å². The normalized spacial score (nSPS) is 16.9. The SMILES string of the molecule is CC(O)C(C=O)NC(=O)CNC(=O)[C@H](C)NC(=O)[C@@H]1CCCN1C(=O)[C@H](Cc1ccc(O)cc1)NC(=O)[C@H](CO)NC(=O)[C@H](CO)NC(=O)[C@H](CCCNC(N)N)NC(=O)[C@H](CO)NC(=O)[C@@H]([NH3+])CCCNC(N)N. The number of phenols is 1. The largest absolute Gasteiger partial charge is 0.508 e. The number of nitrogens with two attached hydrogens (primary N) is 4. The fraction of sp³-hybridized carbons (Fsp3) is 0.636. The summed E-state index contributed by atoms with van der Waals surface area (Å²) in [6.45, 7) is -0.510. The van der Waals surface area contributed by atoms with E-state index in [-0.39, 0.29) is 50.9 Å². The molecular weight excluding hydrogens is 993 g/mol. The predicted octanol–water partition coefficient (Wildman–Crippen LogP) is -11.2. The number of nitrogens with one attached hydrogen (secondary N) is 10. The summed E-state index contributed by atoms with van der Waals surface area (Å²) in [6, 6.07) is -7.06. The zero-order valence-corrected chi connectivity index (χ0v) is 42.0. The fourth-order valence-electron chi connectivity index (χ4n) is 7.33. The number of rotatable bonds is 34. The van der Waals surface area contributed by atoms with E-state index in [9.17, 15) is 73.5 Å². The van der Waals surface area contributed by atoms with Crippen molar-refractivity contribution in [3.05, 3.63) is 29.8 Å². The zero-order chi connectivity index (χ0) is 56.4. The van der Waals surface area contributed by atoms with E-state index >= 15 is 0 Å². The molecule has 1 saturated heterocycles. The van der Waals surface area contributed by atoms with Crippen LogP contribution in [-0.4, -0.2) is 209 Å². The lowest BCUT2D eigenvalue weighted by Crippen LogP contribution is -2.69. The first-order valence-electron chi connectivity index (χ1n) is 24.2. The number of hydrogen-bond donors (Lipinski definition) is 20. The van der Waals surface area contributed by atoms with Crippen LogP contribution in [-0.2, 0) is 54.4 Å². The van der Waals surface area contributed by atoms with Gasteiger partial charge < -0.3 is 106 Å². The summed E-state index contributed by atoms with van der Waals surface area (Å²) in [5.74, 6) is -8.31. The molecule has 9 amide bonds. The van der Waals surface area contributed by atoms with Gasteiger partial charge in [0.2, 0.25) is 47.3 Å². The Morgan fingerprint density at radius 2 is 1.16 bits per heavy atom. The van der Waals surface area contributed by atoms with Crippen LogP contribution in [0.2, 0.25) is 0 Å². The minimum Gasteiger partial charge on any atom is -0.508 e. The van der Waals surface area contributed by atoms with E-state index in [0.717, 1.165) is 0 Å². The number of amides is 9. The van der Waals surface area contributed by atoms with Gasteiger partial charge in [-0.3, -0.25) is 53.8 Å². The molecule has 1 fully saturated rings. The molecule has 422 valence electrons. The molecule has 1 aliphatic heterocycles. The van der Waals surface area contributed by atoms with E-state index in [0.29, 0.717) is 31.2 Å². The summed E-state index contributed by atoms with van der Waals surface area (Å²) >= 11 is 0. The number of quaternary nitrogens is 1. The number of aliphatic hydroxyl groups is 4. The Morgan fingerprint density at radius 1 is 0.680 bits per heavy atom. The molecule has 0 bridgehead atoms. The molecule has 1 aromatic rings. The maximum absolute atomic E-state index is 14.3. The van der Waals surface area contributed by atoms with Gasteiger partial charge in [-0.25, -0.2) is 0 Å². The van der Waals surface area contributed by atoms with Crippen LogP contribution < -0.4 is 81.8 Å². The Labute approximate surface area is 432 Å². The van der Waals surface area contributed by atoms with E-state index in [1.54, 1.807) is 0 Å². The first kappa shape index (κ1) is 64.6. The van der Waals surface area contributed by atoms with Crippen molar-refractivity contribution >= 4 is 59.5 Å². The van der Waals surface area contributed by atoms with E-state index in [1.807, 2.05) is 0 Å². The third-order valence-corrected chi connectivity index (χ3v) is 11.6. The van der Waals surface area contributed by atoms with Crippen LogP contribution in [0.4, 0.5) is 0 Å². The van der Waals surface area contributed by atoms with Gasteiger partial charge in [-0.1, -0.05) is 12.1 Å². The molecule has 2 rings (SSSR count). The van der Waals surface area contributed by atoms with Gasteiger partial charge in [0.25, 0.3) is 5.91 Å². The van der Waals surface area contributed by atoms with Crippen molar-refractivity contribution in [2.24, 2.45) is 22.9 Å². The molecule has 2 unspecified atom stereocenters. The number of aromatic hydroxyl groups is 1. The van der Waals surface area contributed by atoms with Crippen LogP contribution in [0.5, 0.6) is 5.75 Å². The van der Waals surface area contributed by atoms with Crippen LogP contribution in [0.25, 0.3) is 0 Å². The Hall–Kier alpha value is -6.52. The first-order valence-corrected chi connectivity index (χ1v) is 24.2. The molecule has 31 nitrogen and oxygen atoms in total. The number of carbonyl (C=O) groups is 10. The van der Waals surface area contributed by atoms with Gasteiger partial charge in [-0.2, -0.15) is 0 Å². The van der Waals surface area contributed by atoms with E-state index < -0.39 is 153 Å². The summed E-state index contributed by atoms with van der Waals surface area (Å²) in [4.78, 5) is 132. The van der Waals surface area contributed by atoms with Crippen molar-refractivity contribution < 1.29 is 79.2 Å². The highest BCUT2D eigenvalue weighted by Crippen LogP contribution is 2.21. The summed E-state index contributed by atoms with van der Waals surface area (Å²) in [7, 11) is 0. The molecule has 0 saturated carbocycles. The van der Waals surface area contributed by atoms with Crippen molar-refractivity contribution in [2.75, 3.05) is 46.0 Å².